The van der Waals surface area contributed by atoms with Crippen LogP contribution in [0.4, 0.5) is 0 Å². The van der Waals surface area contributed by atoms with E-state index in [4.69, 9.17) is 11.6 Å². The van der Waals surface area contributed by atoms with Gasteiger partial charge in [0.1, 0.15) is 5.82 Å². The van der Waals surface area contributed by atoms with E-state index < -0.39 is 0 Å². The van der Waals surface area contributed by atoms with Crippen molar-refractivity contribution in [1.29, 1.82) is 0 Å². The van der Waals surface area contributed by atoms with Gasteiger partial charge in [-0.3, -0.25) is 9.36 Å². The zero-order valence-electron chi connectivity index (χ0n) is 17.1. The second kappa shape index (κ2) is 6.68. The molecule has 3 aromatic rings. The molecule has 1 fully saturated rings. The molecule has 1 atom stereocenters. The van der Waals surface area contributed by atoms with Crippen LogP contribution in [0.1, 0.15) is 56.5 Å². The number of halogens is 1. The molecular weight excluding hydrogens is 382 g/mol. The molecule has 3 heterocycles. The Balaban J connectivity index is 1.84. The lowest BCUT2D eigenvalue weighted by atomic mass is 9.73. The first kappa shape index (κ1) is 18.8. The van der Waals surface area contributed by atoms with Gasteiger partial charge in [0, 0.05) is 0 Å². The Kier molecular flexibility index (Phi) is 4.34. The Morgan fingerprint density at radius 1 is 1.21 bits per heavy atom. The van der Waals surface area contributed by atoms with Crippen molar-refractivity contribution in [2.45, 2.75) is 44.9 Å². The third-order valence-corrected chi connectivity index (χ3v) is 7.43. The van der Waals surface area contributed by atoms with Gasteiger partial charge in [-0.25, -0.2) is 0 Å². The third kappa shape index (κ3) is 2.62. The van der Waals surface area contributed by atoms with Crippen LogP contribution in [0.25, 0.3) is 16.6 Å². The Morgan fingerprint density at radius 3 is 2.69 bits per heavy atom. The lowest BCUT2D eigenvalue weighted by Crippen LogP contribution is -2.32. The molecule has 0 spiro atoms. The highest BCUT2D eigenvalue weighted by Gasteiger charge is 2.44. The average molecular weight is 408 g/mol. The van der Waals surface area contributed by atoms with Crippen LogP contribution in [0.15, 0.2) is 41.2 Å². The summed E-state index contributed by atoms with van der Waals surface area (Å²) in [6, 6.07) is 12.6. The summed E-state index contributed by atoms with van der Waals surface area (Å²) in [5.41, 5.74) is 4.04. The van der Waals surface area contributed by atoms with E-state index >= 15 is 0 Å². The quantitative estimate of drug-likeness (QED) is 0.664. The lowest BCUT2D eigenvalue weighted by molar-refractivity contribution is 0.394. The first-order valence-corrected chi connectivity index (χ1v) is 10.9. The summed E-state index contributed by atoms with van der Waals surface area (Å²) in [7, 11) is 0. The number of nitrogens with zero attached hydrogens (tertiary/aromatic N) is 2. The maximum absolute atomic E-state index is 12.9. The SMILES string of the molecule is CC(C)C1(C)c2ccc(C3CCNCC3)cc2-n2c1nc(=O)c1c(Cl)cccc12. The number of nitrogens with one attached hydrogen (secondary N) is 1. The number of rotatable bonds is 2. The fraction of sp³-hybridized carbons (Fsp3) is 0.417. The minimum absolute atomic E-state index is 0.241. The minimum Gasteiger partial charge on any atom is -0.317 e. The monoisotopic (exact) mass is 407 g/mol. The van der Waals surface area contributed by atoms with E-state index in [1.54, 1.807) is 6.07 Å². The molecule has 1 aromatic heterocycles. The molecule has 2 aromatic carbocycles. The lowest BCUT2D eigenvalue weighted by Gasteiger charge is -2.29. The molecule has 2 aliphatic rings. The highest BCUT2D eigenvalue weighted by atomic mass is 35.5. The molecule has 29 heavy (non-hydrogen) atoms. The van der Waals surface area contributed by atoms with Crippen molar-refractivity contribution in [3.05, 3.63) is 68.7 Å². The molecule has 150 valence electrons. The molecular formula is C24H26ClN3O. The van der Waals surface area contributed by atoms with Crippen molar-refractivity contribution < 1.29 is 0 Å². The number of aromatic nitrogens is 2. The molecule has 0 aliphatic carbocycles. The van der Waals surface area contributed by atoms with E-state index in [9.17, 15) is 4.79 Å². The Hall–Kier alpha value is -2.17. The summed E-state index contributed by atoms with van der Waals surface area (Å²) >= 11 is 6.42. The maximum Gasteiger partial charge on any atom is 0.282 e. The number of piperidine rings is 1. The fourth-order valence-corrected chi connectivity index (χ4v) is 5.34. The van der Waals surface area contributed by atoms with Crippen LogP contribution in [0.2, 0.25) is 5.02 Å². The van der Waals surface area contributed by atoms with Crippen molar-refractivity contribution in [2.75, 3.05) is 13.1 Å². The molecule has 0 saturated carbocycles. The van der Waals surface area contributed by atoms with E-state index in [1.807, 2.05) is 12.1 Å². The summed E-state index contributed by atoms with van der Waals surface area (Å²) in [5.74, 6) is 1.69. The average Bonchev–Trinajstić information content (AvgIpc) is 2.98. The molecule has 5 rings (SSSR count). The molecule has 0 bridgehead atoms. The first-order chi connectivity index (χ1) is 13.9. The Bertz CT molecular complexity index is 1180. The van der Waals surface area contributed by atoms with Gasteiger partial charge in [-0.1, -0.05) is 43.6 Å². The molecule has 1 saturated heterocycles. The van der Waals surface area contributed by atoms with Crippen LogP contribution in [0.3, 0.4) is 0 Å². The van der Waals surface area contributed by atoms with Crippen LogP contribution in [0, 0.1) is 5.92 Å². The van der Waals surface area contributed by atoms with E-state index in [-0.39, 0.29) is 11.0 Å². The molecule has 0 radical (unpaired) electrons. The predicted octanol–water partition coefficient (Wildman–Crippen LogP) is 4.78. The van der Waals surface area contributed by atoms with Gasteiger partial charge < -0.3 is 5.32 Å². The fourth-order valence-electron chi connectivity index (χ4n) is 5.09. The van der Waals surface area contributed by atoms with Gasteiger partial charge in [-0.15, -0.1) is 0 Å². The Labute approximate surface area is 175 Å². The van der Waals surface area contributed by atoms with Crippen molar-refractivity contribution in [3.8, 4) is 5.69 Å². The van der Waals surface area contributed by atoms with Crippen LogP contribution < -0.4 is 10.9 Å². The summed E-state index contributed by atoms with van der Waals surface area (Å²) in [6.45, 7) is 8.75. The maximum atomic E-state index is 12.9. The molecule has 2 aliphatic heterocycles. The van der Waals surface area contributed by atoms with Crippen LogP contribution >= 0.6 is 11.6 Å². The van der Waals surface area contributed by atoms with E-state index in [0.29, 0.717) is 22.2 Å². The number of hydrogen-bond donors (Lipinski definition) is 1. The van der Waals surface area contributed by atoms with E-state index in [0.717, 1.165) is 43.0 Å². The predicted molar refractivity (Wildman–Crippen MR) is 118 cm³/mol. The van der Waals surface area contributed by atoms with Crippen molar-refractivity contribution in [3.63, 3.8) is 0 Å². The minimum atomic E-state index is -0.322. The zero-order chi connectivity index (χ0) is 20.3. The highest BCUT2D eigenvalue weighted by molar-refractivity contribution is 6.35. The molecule has 5 heteroatoms. The van der Waals surface area contributed by atoms with Gasteiger partial charge in [-0.05, 0) is 74.0 Å². The van der Waals surface area contributed by atoms with Gasteiger partial charge in [0.15, 0.2) is 0 Å². The zero-order valence-corrected chi connectivity index (χ0v) is 17.9. The largest absolute Gasteiger partial charge is 0.317 e. The second-order valence-corrected chi connectivity index (χ2v) is 9.28. The van der Waals surface area contributed by atoms with Gasteiger partial charge in [-0.2, -0.15) is 4.98 Å². The number of fused-ring (bicyclic) bond motifs is 5. The third-order valence-electron chi connectivity index (χ3n) is 7.12. The van der Waals surface area contributed by atoms with Crippen LogP contribution in [-0.2, 0) is 5.41 Å². The van der Waals surface area contributed by atoms with Gasteiger partial charge in [0.05, 0.1) is 27.0 Å². The van der Waals surface area contributed by atoms with Crippen LogP contribution in [-0.4, -0.2) is 22.6 Å². The van der Waals surface area contributed by atoms with E-state index in [2.05, 4.69) is 53.8 Å². The van der Waals surface area contributed by atoms with Gasteiger partial charge in [0.25, 0.3) is 5.56 Å². The summed E-state index contributed by atoms with van der Waals surface area (Å²) in [6.07, 6.45) is 2.31. The van der Waals surface area contributed by atoms with E-state index in [1.165, 1.54) is 11.1 Å². The molecule has 0 amide bonds. The molecule has 1 unspecified atom stereocenters. The summed E-state index contributed by atoms with van der Waals surface area (Å²) in [4.78, 5) is 17.5. The molecule has 1 N–H and O–H groups in total. The standard InChI is InChI=1S/C24H26ClN3O/c1-14(2)24(3)17-8-7-16(15-9-11-26-12-10-15)13-20(17)28-19-6-4-5-18(25)21(19)22(29)27-23(24)28/h4-8,13-15,26H,9-12H2,1-3H3. The van der Waals surface area contributed by atoms with Gasteiger partial charge >= 0.3 is 0 Å². The van der Waals surface area contributed by atoms with Crippen molar-refractivity contribution in [1.82, 2.24) is 14.9 Å². The van der Waals surface area contributed by atoms with Crippen molar-refractivity contribution in [2.24, 2.45) is 5.92 Å². The van der Waals surface area contributed by atoms with Gasteiger partial charge in [0.2, 0.25) is 0 Å². The summed E-state index contributed by atoms with van der Waals surface area (Å²) in [5, 5.41) is 4.42. The normalized spacial score (nSPS) is 21.6. The molecule has 4 nitrogen and oxygen atoms in total. The Morgan fingerprint density at radius 2 is 1.97 bits per heavy atom. The van der Waals surface area contributed by atoms with Crippen LogP contribution in [0.5, 0.6) is 0 Å². The highest BCUT2D eigenvalue weighted by Crippen LogP contribution is 2.48. The summed E-state index contributed by atoms with van der Waals surface area (Å²) < 4.78 is 2.18. The van der Waals surface area contributed by atoms with Crippen molar-refractivity contribution >= 4 is 22.5 Å². The smallest absolute Gasteiger partial charge is 0.282 e. The topological polar surface area (TPSA) is 46.9 Å². The first-order valence-electron chi connectivity index (χ1n) is 10.5. The number of benzene rings is 2. The number of hydrogen-bond acceptors (Lipinski definition) is 3. The second-order valence-electron chi connectivity index (χ2n) is 8.87.